The van der Waals surface area contributed by atoms with Crippen LogP contribution in [0.25, 0.3) is 6.08 Å². The van der Waals surface area contributed by atoms with E-state index >= 15 is 0 Å². The molecule has 2 aliphatic rings. The highest BCUT2D eigenvalue weighted by atomic mass is 35.5. The van der Waals surface area contributed by atoms with Gasteiger partial charge in [0.2, 0.25) is 0 Å². The van der Waals surface area contributed by atoms with Crippen LogP contribution >= 0.6 is 36.6 Å². The molecule has 1 fully saturated rings. The van der Waals surface area contributed by atoms with Gasteiger partial charge in [-0.15, -0.1) is 36.6 Å². The van der Waals surface area contributed by atoms with Crippen LogP contribution in [0.1, 0.15) is 18.9 Å². The lowest BCUT2D eigenvalue weighted by Crippen LogP contribution is -2.45. The van der Waals surface area contributed by atoms with E-state index in [0.717, 1.165) is 31.9 Å². The van der Waals surface area contributed by atoms with E-state index in [1.54, 1.807) is 0 Å². The van der Waals surface area contributed by atoms with E-state index in [0.29, 0.717) is 6.61 Å². The summed E-state index contributed by atoms with van der Waals surface area (Å²) in [6, 6.07) is 19.0. The van der Waals surface area contributed by atoms with Crippen LogP contribution in [0, 0.1) is 0 Å². The van der Waals surface area contributed by atoms with Crippen molar-refractivity contribution in [3.8, 4) is 5.75 Å². The molecule has 2 aromatic rings. The second kappa shape index (κ2) is 13.1. The van der Waals surface area contributed by atoms with Gasteiger partial charge >= 0.3 is 0 Å². The Hall–Kier alpha value is -1.59. The fourth-order valence-electron chi connectivity index (χ4n) is 3.90. The van der Waals surface area contributed by atoms with Gasteiger partial charge < -0.3 is 9.64 Å². The summed E-state index contributed by atoms with van der Waals surface area (Å²) >= 11 is 1.96. The van der Waals surface area contributed by atoms with Gasteiger partial charge in [-0.25, -0.2) is 0 Å². The van der Waals surface area contributed by atoms with Crippen molar-refractivity contribution in [1.29, 1.82) is 0 Å². The number of allylic oxidation sites excluding steroid dienone is 1. The van der Waals surface area contributed by atoms with Gasteiger partial charge in [0.1, 0.15) is 12.4 Å². The predicted octanol–water partition coefficient (Wildman–Crippen LogP) is 6.01. The number of hydrogen-bond donors (Lipinski definition) is 0. The molecule has 6 heteroatoms. The number of ether oxygens (including phenoxy) is 1. The monoisotopic (exact) mass is 478 g/mol. The zero-order chi connectivity index (χ0) is 19.9. The predicted molar refractivity (Wildman–Crippen MR) is 138 cm³/mol. The fraction of sp³-hybridized carbons (Fsp3) is 0.360. The van der Waals surface area contributed by atoms with Crippen molar-refractivity contribution in [3.05, 3.63) is 77.5 Å². The number of piperazine rings is 1. The molecule has 1 saturated heterocycles. The Morgan fingerprint density at radius 1 is 0.968 bits per heavy atom. The second-order valence-corrected chi connectivity index (χ2v) is 8.84. The van der Waals surface area contributed by atoms with Crippen molar-refractivity contribution < 1.29 is 4.74 Å². The summed E-state index contributed by atoms with van der Waals surface area (Å²) in [5.41, 5.74) is 3.77. The summed E-state index contributed by atoms with van der Waals surface area (Å²) < 4.78 is 5.89. The summed E-state index contributed by atoms with van der Waals surface area (Å²) in [7, 11) is 0. The molecular weight excluding hydrogens is 447 g/mol. The van der Waals surface area contributed by atoms with Crippen LogP contribution in [-0.2, 0) is 0 Å². The topological polar surface area (TPSA) is 15.7 Å². The first-order valence-electron chi connectivity index (χ1n) is 10.5. The molecule has 0 bridgehead atoms. The molecule has 0 radical (unpaired) electrons. The molecule has 0 atom stereocenters. The van der Waals surface area contributed by atoms with Gasteiger partial charge in [0.25, 0.3) is 0 Å². The third-order valence-corrected chi connectivity index (χ3v) is 6.65. The summed E-state index contributed by atoms with van der Waals surface area (Å²) in [5.74, 6) is 2.18. The Labute approximate surface area is 203 Å². The van der Waals surface area contributed by atoms with E-state index in [4.69, 9.17) is 4.74 Å². The summed E-state index contributed by atoms with van der Waals surface area (Å²) in [6.45, 7) is 8.62. The molecule has 3 nitrogen and oxygen atoms in total. The molecule has 31 heavy (non-hydrogen) atoms. The Balaban J connectivity index is 0.00000171. The van der Waals surface area contributed by atoms with E-state index in [-0.39, 0.29) is 24.8 Å². The van der Waals surface area contributed by atoms with Crippen LogP contribution < -0.4 is 4.74 Å². The average molecular weight is 480 g/mol. The molecule has 0 aliphatic carbocycles. The Kier molecular flexibility index (Phi) is 10.8. The zero-order valence-corrected chi connectivity index (χ0v) is 20.5. The van der Waals surface area contributed by atoms with Gasteiger partial charge in [-0.3, -0.25) is 4.90 Å². The van der Waals surface area contributed by atoms with Gasteiger partial charge in [-0.05, 0) is 61.6 Å². The highest BCUT2D eigenvalue weighted by Gasteiger charge is 2.17. The number of rotatable bonds is 7. The minimum absolute atomic E-state index is 0. The van der Waals surface area contributed by atoms with E-state index < -0.39 is 0 Å². The van der Waals surface area contributed by atoms with Crippen molar-refractivity contribution in [2.45, 2.75) is 18.2 Å². The minimum atomic E-state index is 0. The molecule has 2 aliphatic heterocycles. The molecule has 0 amide bonds. The summed E-state index contributed by atoms with van der Waals surface area (Å²) in [6.07, 6.45) is 5.79. The van der Waals surface area contributed by atoms with Crippen LogP contribution in [0.2, 0.25) is 0 Å². The standard InChI is InChI=1S/C25H30N2OS.2ClH/c1-21(18-22-19-23-8-5-6-11-25(23)28-20-22)27-15-13-26(14-16-27)12-7-17-29-24-9-3-2-4-10-24;;/h2-6,8-11,18-19H,7,12-17,20H2,1H3;2*1H/b21-18+;;. The Bertz CT molecular complexity index is 865. The second-order valence-electron chi connectivity index (χ2n) is 7.68. The third kappa shape index (κ3) is 7.50. The van der Waals surface area contributed by atoms with Crippen LogP contribution in [0.15, 0.2) is 76.8 Å². The van der Waals surface area contributed by atoms with Crippen LogP contribution in [-0.4, -0.2) is 54.9 Å². The fourth-order valence-corrected chi connectivity index (χ4v) is 4.75. The number of para-hydroxylation sites is 1. The number of fused-ring (bicyclic) bond motifs is 1. The Morgan fingerprint density at radius 3 is 2.45 bits per heavy atom. The van der Waals surface area contributed by atoms with Crippen molar-refractivity contribution in [1.82, 2.24) is 9.80 Å². The number of benzene rings is 2. The van der Waals surface area contributed by atoms with Gasteiger partial charge in [0, 0.05) is 42.3 Å². The number of thioether (sulfide) groups is 1. The lowest BCUT2D eigenvalue weighted by Gasteiger charge is -2.36. The average Bonchev–Trinajstić information content (AvgIpc) is 2.78. The SMILES string of the molecule is C/C(=C\C1=Cc2ccccc2OC1)N1CCN(CCCSc2ccccc2)CC1.Cl.Cl. The number of hydrogen-bond acceptors (Lipinski definition) is 4. The Morgan fingerprint density at radius 2 is 1.68 bits per heavy atom. The molecule has 0 saturated carbocycles. The molecule has 2 heterocycles. The molecule has 0 aromatic heterocycles. The largest absolute Gasteiger partial charge is 0.488 e. The first kappa shape index (κ1) is 25.7. The van der Waals surface area contributed by atoms with Gasteiger partial charge in [0.15, 0.2) is 0 Å². The van der Waals surface area contributed by atoms with E-state index in [1.165, 1.54) is 40.4 Å². The molecule has 2 aromatic carbocycles. The maximum absolute atomic E-state index is 5.89. The highest BCUT2D eigenvalue weighted by molar-refractivity contribution is 7.99. The molecule has 0 spiro atoms. The third-order valence-electron chi connectivity index (χ3n) is 5.55. The molecule has 168 valence electrons. The normalized spacial score (nSPS) is 16.4. The van der Waals surface area contributed by atoms with Gasteiger partial charge in [-0.1, -0.05) is 36.4 Å². The van der Waals surface area contributed by atoms with E-state index in [2.05, 4.69) is 71.3 Å². The van der Waals surface area contributed by atoms with Crippen molar-refractivity contribution in [2.24, 2.45) is 0 Å². The van der Waals surface area contributed by atoms with Gasteiger partial charge in [-0.2, -0.15) is 0 Å². The molecular formula is C25H32Cl2N2OS. The summed E-state index contributed by atoms with van der Waals surface area (Å²) in [4.78, 5) is 6.49. The lowest BCUT2D eigenvalue weighted by molar-refractivity contribution is 0.159. The quantitative estimate of drug-likeness (QED) is 0.357. The smallest absolute Gasteiger partial charge is 0.127 e. The molecule has 4 rings (SSSR count). The van der Waals surface area contributed by atoms with Crippen molar-refractivity contribution in [3.63, 3.8) is 0 Å². The first-order chi connectivity index (χ1) is 14.3. The van der Waals surface area contributed by atoms with Crippen molar-refractivity contribution in [2.75, 3.05) is 45.1 Å². The van der Waals surface area contributed by atoms with Crippen LogP contribution in [0.5, 0.6) is 5.75 Å². The zero-order valence-electron chi connectivity index (χ0n) is 18.0. The maximum atomic E-state index is 5.89. The van der Waals surface area contributed by atoms with Crippen LogP contribution in [0.4, 0.5) is 0 Å². The maximum Gasteiger partial charge on any atom is 0.127 e. The van der Waals surface area contributed by atoms with Crippen LogP contribution in [0.3, 0.4) is 0 Å². The number of halogens is 2. The lowest BCUT2D eigenvalue weighted by atomic mass is 10.1. The minimum Gasteiger partial charge on any atom is -0.488 e. The van der Waals surface area contributed by atoms with Gasteiger partial charge in [0.05, 0.1) is 0 Å². The first-order valence-corrected chi connectivity index (χ1v) is 11.5. The van der Waals surface area contributed by atoms with E-state index in [9.17, 15) is 0 Å². The highest BCUT2D eigenvalue weighted by Crippen LogP contribution is 2.27. The number of nitrogens with zero attached hydrogens (tertiary/aromatic N) is 2. The molecule has 0 N–H and O–H groups in total. The molecule has 0 unspecified atom stereocenters. The summed E-state index contributed by atoms with van der Waals surface area (Å²) in [5, 5.41) is 0. The van der Waals surface area contributed by atoms with E-state index in [1.807, 2.05) is 23.9 Å². The van der Waals surface area contributed by atoms with Crippen molar-refractivity contribution >= 4 is 42.7 Å².